The molecule has 3 rings (SSSR count). The second kappa shape index (κ2) is 11.7. The minimum absolute atomic E-state index is 0.0557. The molecule has 1 aliphatic carbocycles. The Kier molecular flexibility index (Phi) is 8.95. The summed E-state index contributed by atoms with van der Waals surface area (Å²) in [6.45, 7) is 3.63. The quantitative estimate of drug-likeness (QED) is 0.422. The molecular formula is C25H36FNO2. The number of rotatable bonds is 9. The molecule has 0 aromatic heterocycles. The maximum atomic E-state index is 13.8. The third-order valence-electron chi connectivity index (χ3n) is 6.83. The lowest BCUT2D eigenvalue weighted by Crippen LogP contribution is -2.34. The van der Waals surface area contributed by atoms with Crippen LogP contribution in [0.25, 0.3) is 0 Å². The summed E-state index contributed by atoms with van der Waals surface area (Å²) in [5.74, 6) is 1.54. The summed E-state index contributed by atoms with van der Waals surface area (Å²) in [4.78, 5) is 0. The third kappa shape index (κ3) is 6.52. The molecule has 1 aliphatic heterocycles. The predicted molar refractivity (Wildman–Crippen MR) is 113 cm³/mol. The lowest BCUT2D eigenvalue weighted by Gasteiger charge is -2.38. The SMILES string of the molecule is CCCCCCCC[C@H]1CC[C@H]([C@H]2CO[C@H](c3ccc(C#N)c(F)c3)OC2)CC1. The molecule has 0 bridgehead atoms. The van der Waals surface area contributed by atoms with E-state index in [9.17, 15) is 4.39 Å². The average molecular weight is 402 g/mol. The van der Waals surface area contributed by atoms with Crippen LogP contribution in [0.5, 0.6) is 0 Å². The number of hydrogen-bond donors (Lipinski definition) is 0. The number of ether oxygens (including phenoxy) is 2. The summed E-state index contributed by atoms with van der Waals surface area (Å²) in [6, 6.07) is 6.42. The van der Waals surface area contributed by atoms with Gasteiger partial charge in [-0.25, -0.2) is 4.39 Å². The number of unbranched alkanes of at least 4 members (excludes halogenated alkanes) is 5. The summed E-state index contributed by atoms with van der Waals surface area (Å²) < 4.78 is 25.7. The van der Waals surface area contributed by atoms with Gasteiger partial charge in [0, 0.05) is 11.5 Å². The van der Waals surface area contributed by atoms with Crippen molar-refractivity contribution in [1.29, 1.82) is 5.26 Å². The maximum Gasteiger partial charge on any atom is 0.183 e. The molecule has 0 radical (unpaired) electrons. The van der Waals surface area contributed by atoms with Gasteiger partial charge in [0.1, 0.15) is 11.9 Å². The van der Waals surface area contributed by atoms with Gasteiger partial charge in [0.05, 0.1) is 18.8 Å². The van der Waals surface area contributed by atoms with Gasteiger partial charge in [-0.15, -0.1) is 0 Å². The normalized spacial score (nSPS) is 27.5. The molecule has 0 N–H and O–H groups in total. The molecule has 0 amide bonds. The summed E-state index contributed by atoms with van der Waals surface area (Å²) in [6.07, 6.45) is 14.5. The number of nitriles is 1. The van der Waals surface area contributed by atoms with Crippen molar-refractivity contribution in [2.45, 2.75) is 83.8 Å². The monoisotopic (exact) mass is 401 g/mol. The largest absolute Gasteiger partial charge is 0.348 e. The Morgan fingerprint density at radius 2 is 1.66 bits per heavy atom. The number of nitrogens with zero attached hydrogens (tertiary/aromatic N) is 1. The Morgan fingerprint density at radius 1 is 0.966 bits per heavy atom. The van der Waals surface area contributed by atoms with Gasteiger partial charge >= 0.3 is 0 Å². The van der Waals surface area contributed by atoms with Crippen LogP contribution in [0, 0.1) is 34.9 Å². The fraction of sp³-hybridized carbons (Fsp3) is 0.720. The van der Waals surface area contributed by atoms with Crippen LogP contribution >= 0.6 is 0 Å². The van der Waals surface area contributed by atoms with Crippen LogP contribution in [0.2, 0.25) is 0 Å². The lowest BCUT2D eigenvalue weighted by atomic mass is 9.74. The molecule has 0 atom stereocenters. The van der Waals surface area contributed by atoms with E-state index in [4.69, 9.17) is 14.7 Å². The molecule has 0 spiro atoms. The van der Waals surface area contributed by atoms with Gasteiger partial charge in [-0.2, -0.15) is 5.26 Å². The van der Waals surface area contributed by atoms with Gasteiger partial charge < -0.3 is 9.47 Å². The molecule has 2 fully saturated rings. The fourth-order valence-corrected chi connectivity index (χ4v) is 4.91. The van der Waals surface area contributed by atoms with Crippen molar-refractivity contribution >= 4 is 0 Å². The molecule has 1 aromatic carbocycles. The summed E-state index contributed by atoms with van der Waals surface area (Å²) in [5.41, 5.74) is 0.711. The van der Waals surface area contributed by atoms with Gasteiger partial charge in [-0.1, -0.05) is 70.8 Å². The first-order chi connectivity index (χ1) is 14.2. The van der Waals surface area contributed by atoms with Crippen molar-refractivity contribution in [2.75, 3.05) is 13.2 Å². The molecule has 1 saturated carbocycles. The van der Waals surface area contributed by atoms with E-state index in [1.807, 2.05) is 6.07 Å². The smallest absolute Gasteiger partial charge is 0.183 e. The molecule has 1 heterocycles. The minimum Gasteiger partial charge on any atom is -0.348 e. The molecule has 3 nitrogen and oxygen atoms in total. The first kappa shape index (κ1) is 22.2. The molecular weight excluding hydrogens is 365 g/mol. The van der Waals surface area contributed by atoms with Crippen molar-refractivity contribution in [3.05, 3.63) is 35.1 Å². The Bertz CT molecular complexity index is 655. The van der Waals surface area contributed by atoms with Crippen molar-refractivity contribution in [2.24, 2.45) is 17.8 Å². The standard InChI is InChI=1S/C25H36FNO2/c1-2-3-4-5-6-7-8-19-9-11-20(12-10-19)23-17-28-25(29-18-23)21-13-14-22(16-27)24(26)15-21/h13-15,19-20,23,25H,2-12,17-18H2,1H3/t19-,20-,23-,25-. The zero-order chi connectivity index (χ0) is 20.5. The molecule has 2 aliphatic rings. The predicted octanol–water partition coefficient (Wildman–Crippen LogP) is 6.92. The van der Waals surface area contributed by atoms with Gasteiger partial charge in [0.15, 0.2) is 6.29 Å². The van der Waals surface area contributed by atoms with Crippen LogP contribution in [0.15, 0.2) is 18.2 Å². The molecule has 1 aromatic rings. The molecule has 29 heavy (non-hydrogen) atoms. The van der Waals surface area contributed by atoms with Crippen LogP contribution in [0.4, 0.5) is 4.39 Å². The highest BCUT2D eigenvalue weighted by Crippen LogP contribution is 2.38. The first-order valence-corrected chi connectivity index (χ1v) is 11.6. The number of halogens is 1. The van der Waals surface area contributed by atoms with Crippen molar-refractivity contribution in [3.63, 3.8) is 0 Å². The van der Waals surface area contributed by atoms with Crippen molar-refractivity contribution in [1.82, 2.24) is 0 Å². The topological polar surface area (TPSA) is 42.2 Å². The maximum absolute atomic E-state index is 13.8. The third-order valence-corrected chi connectivity index (χ3v) is 6.83. The Hall–Kier alpha value is -1.44. The first-order valence-electron chi connectivity index (χ1n) is 11.6. The van der Waals surface area contributed by atoms with Crippen LogP contribution < -0.4 is 0 Å². The summed E-state index contributed by atoms with van der Waals surface area (Å²) in [5, 5.41) is 8.86. The van der Waals surface area contributed by atoms with E-state index in [0.29, 0.717) is 30.6 Å². The minimum atomic E-state index is -0.516. The van der Waals surface area contributed by atoms with Crippen LogP contribution in [0.1, 0.15) is 95.0 Å². The second-order valence-corrected chi connectivity index (χ2v) is 8.95. The molecule has 4 heteroatoms. The fourth-order valence-electron chi connectivity index (χ4n) is 4.91. The van der Waals surface area contributed by atoms with Crippen molar-refractivity contribution in [3.8, 4) is 6.07 Å². The molecule has 0 unspecified atom stereocenters. The van der Waals surface area contributed by atoms with Crippen LogP contribution in [-0.2, 0) is 9.47 Å². The lowest BCUT2D eigenvalue weighted by molar-refractivity contribution is -0.214. The van der Waals surface area contributed by atoms with E-state index in [-0.39, 0.29) is 5.56 Å². The van der Waals surface area contributed by atoms with Crippen LogP contribution in [0.3, 0.4) is 0 Å². The van der Waals surface area contributed by atoms with E-state index in [2.05, 4.69) is 6.92 Å². The zero-order valence-corrected chi connectivity index (χ0v) is 17.9. The van der Waals surface area contributed by atoms with Gasteiger partial charge in [0.2, 0.25) is 0 Å². The van der Waals surface area contributed by atoms with Gasteiger partial charge in [-0.3, -0.25) is 0 Å². The Morgan fingerprint density at radius 3 is 2.31 bits per heavy atom. The number of benzene rings is 1. The Balaban J connectivity index is 1.35. The highest BCUT2D eigenvalue weighted by Gasteiger charge is 2.32. The van der Waals surface area contributed by atoms with Crippen molar-refractivity contribution < 1.29 is 13.9 Å². The highest BCUT2D eigenvalue weighted by molar-refractivity contribution is 5.33. The summed E-state index contributed by atoms with van der Waals surface area (Å²) in [7, 11) is 0. The second-order valence-electron chi connectivity index (χ2n) is 8.95. The van der Waals surface area contributed by atoms with E-state index in [1.54, 1.807) is 6.07 Å². The molecule has 1 saturated heterocycles. The van der Waals surface area contributed by atoms with E-state index >= 15 is 0 Å². The van der Waals surface area contributed by atoms with E-state index in [0.717, 1.165) is 5.92 Å². The van der Waals surface area contributed by atoms with E-state index in [1.165, 1.54) is 82.8 Å². The van der Waals surface area contributed by atoms with Gasteiger partial charge in [-0.05, 0) is 36.8 Å². The highest BCUT2D eigenvalue weighted by atomic mass is 19.1. The summed E-state index contributed by atoms with van der Waals surface area (Å²) >= 11 is 0. The average Bonchev–Trinajstić information content (AvgIpc) is 2.77. The Labute approximate surface area is 175 Å². The van der Waals surface area contributed by atoms with Crippen LogP contribution in [-0.4, -0.2) is 13.2 Å². The van der Waals surface area contributed by atoms with E-state index < -0.39 is 12.1 Å². The number of hydrogen-bond acceptors (Lipinski definition) is 3. The molecule has 160 valence electrons. The van der Waals surface area contributed by atoms with Gasteiger partial charge in [0.25, 0.3) is 0 Å². The zero-order valence-electron chi connectivity index (χ0n) is 17.9.